The zero-order chi connectivity index (χ0) is 16.2. The molecule has 1 aromatic rings. The Morgan fingerprint density at radius 3 is 2.35 bits per heavy atom. The highest BCUT2D eigenvalue weighted by atomic mass is 35.5. The molecule has 2 rings (SSSR count). The molecule has 3 amide bonds. The van der Waals surface area contributed by atoms with E-state index in [9.17, 15) is 14.4 Å². The van der Waals surface area contributed by atoms with Crippen LogP contribution in [0.4, 0.5) is 0 Å². The van der Waals surface area contributed by atoms with Crippen molar-refractivity contribution in [2.24, 2.45) is 5.73 Å². The van der Waals surface area contributed by atoms with Crippen molar-refractivity contribution in [2.45, 2.75) is 31.7 Å². The fraction of sp³-hybridized carbons (Fsp3) is 0.438. The number of benzene rings is 1. The first-order valence-electron chi connectivity index (χ1n) is 7.39. The van der Waals surface area contributed by atoms with Crippen LogP contribution in [0.2, 0.25) is 0 Å². The lowest BCUT2D eigenvalue weighted by atomic mass is 9.92. The number of hydrogen-bond donors (Lipinski definition) is 2. The van der Waals surface area contributed by atoms with Gasteiger partial charge in [0.25, 0.3) is 0 Å². The van der Waals surface area contributed by atoms with E-state index in [0.29, 0.717) is 32.4 Å². The van der Waals surface area contributed by atoms with Gasteiger partial charge in [-0.1, -0.05) is 30.3 Å². The maximum absolute atomic E-state index is 12.2. The summed E-state index contributed by atoms with van der Waals surface area (Å²) in [7, 11) is 0. The van der Waals surface area contributed by atoms with Crippen molar-refractivity contribution < 1.29 is 14.4 Å². The highest BCUT2D eigenvalue weighted by Gasteiger charge is 2.30. The molecule has 126 valence electrons. The van der Waals surface area contributed by atoms with Crippen molar-refractivity contribution in [3.05, 3.63) is 35.9 Å². The summed E-state index contributed by atoms with van der Waals surface area (Å²) >= 11 is 0. The predicted octanol–water partition coefficient (Wildman–Crippen LogP) is 0.938. The third-order valence-electron chi connectivity index (χ3n) is 3.84. The molecule has 1 atom stereocenters. The lowest BCUT2D eigenvalue weighted by Crippen LogP contribution is -2.49. The molecule has 1 aliphatic heterocycles. The van der Waals surface area contributed by atoms with Gasteiger partial charge in [0.2, 0.25) is 17.7 Å². The van der Waals surface area contributed by atoms with E-state index in [0.717, 1.165) is 5.56 Å². The van der Waals surface area contributed by atoms with Gasteiger partial charge in [0.1, 0.15) is 5.54 Å². The number of likely N-dealkylation sites (tertiary alicyclic amines) is 1. The van der Waals surface area contributed by atoms with Gasteiger partial charge in [0, 0.05) is 25.9 Å². The molecule has 7 heteroatoms. The quantitative estimate of drug-likeness (QED) is 0.596. The zero-order valence-electron chi connectivity index (χ0n) is 13.1. The number of rotatable bonds is 6. The van der Waals surface area contributed by atoms with E-state index in [1.54, 1.807) is 19.1 Å². The van der Waals surface area contributed by atoms with Crippen LogP contribution >= 0.6 is 12.4 Å². The topological polar surface area (TPSA) is 92.5 Å². The highest BCUT2D eigenvalue weighted by molar-refractivity contribution is 6.01. The van der Waals surface area contributed by atoms with E-state index < -0.39 is 5.54 Å². The Morgan fingerprint density at radius 2 is 1.78 bits per heavy atom. The summed E-state index contributed by atoms with van der Waals surface area (Å²) in [6.07, 6.45) is 1.11. The molecule has 1 unspecified atom stereocenters. The number of nitrogens with one attached hydrogen (secondary N) is 1. The molecule has 23 heavy (non-hydrogen) atoms. The maximum atomic E-state index is 12.2. The Balaban J connectivity index is 0.00000264. The number of halogens is 1. The van der Waals surface area contributed by atoms with Crippen LogP contribution < -0.4 is 11.1 Å². The zero-order valence-corrected chi connectivity index (χ0v) is 13.9. The first-order valence-corrected chi connectivity index (χ1v) is 7.39. The van der Waals surface area contributed by atoms with Gasteiger partial charge in [0.15, 0.2) is 0 Å². The number of imide groups is 1. The molecule has 1 heterocycles. The van der Waals surface area contributed by atoms with Crippen LogP contribution in [0.3, 0.4) is 0 Å². The number of carbonyl (C=O) groups excluding carboxylic acids is 3. The number of hydrogen-bond acceptors (Lipinski definition) is 4. The van der Waals surface area contributed by atoms with E-state index in [1.165, 1.54) is 4.90 Å². The summed E-state index contributed by atoms with van der Waals surface area (Å²) < 4.78 is 0. The normalized spacial score (nSPS) is 16.7. The summed E-state index contributed by atoms with van der Waals surface area (Å²) in [5, 5.41) is 2.76. The van der Waals surface area contributed by atoms with Gasteiger partial charge in [-0.15, -0.1) is 12.4 Å². The molecule has 6 nitrogen and oxygen atoms in total. The number of amides is 3. The average molecular weight is 340 g/mol. The standard InChI is InChI=1S/C16H21N3O3.ClH/c1-16(17,12-6-3-2-4-7-12)15(22)18-10-5-11-19-13(20)8-9-14(19)21;/h2-4,6-7H,5,8-11,17H2,1H3,(H,18,22);1H. The highest BCUT2D eigenvalue weighted by Crippen LogP contribution is 2.17. The molecule has 0 aromatic heterocycles. The summed E-state index contributed by atoms with van der Waals surface area (Å²) in [6.45, 7) is 2.37. The maximum Gasteiger partial charge on any atom is 0.244 e. The molecule has 0 bridgehead atoms. The lowest BCUT2D eigenvalue weighted by molar-refractivity contribution is -0.138. The average Bonchev–Trinajstić information content (AvgIpc) is 2.83. The van der Waals surface area contributed by atoms with Gasteiger partial charge in [-0.3, -0.25) is 19.3 Å². The Bertz CT molecular complexity index is 559. The minimum Gasteiger partial charge on any atom is -0.354 e. The van der Waals surface area contributed by atoms with Gasteiger partial charge in [-0.05, 0) is 18.9 Å². The molecule has 0 spiro atoms. The monoisotopic (exact) mass is 339 g/mol. The lowest BCUT2D eigenvalue weighted by Gasteiger charge is -2.24. The Kier molecular flexibility index (Phi) is 6.72. The molecule has 0 saturated carbocycles. The van der Waals surface area contributed by atoms with Crippen LogP contribution in [0.15, 0.2) is 30.3 Å². The summed E-state index contributed by atoms with van der Waals surface area (Å²) in [5.74, 6) is -0.550. The fourth-order valence-electron chi connectivity index (χ4n) is 2.41. The van der Waals surface area contributed by atoms with E-state index in [-0.39, 0.29) is 30.1 Å². The molecule has 1 aliphatic rings. The molecule has 0 radical (unpaired) electrons. The van der Waals surface area contributed by atoms with E-state index in [4.69, 9.17) is 5.73 Å². The van der Waals surface area contributed by atoms with Gasteiger partial charge in [-0.2, -0.15) is 0 Å². The van der Waals surface area contributed by atoms with Crippen molar-refractivity contribution in [1.29, 1.82) is 0 Å². The number of nitrogens with zero attached hydrogens (tertiary/aromatic N) is 1. The Hall–Kier alpha value is -1.92. The van der Waals surface area contributed by atoms with Crippen molar-refractivity contribution >= 4 is 30.1 Å². The number of carbonyl (C=O) groups is 3. The van der Waals surface area contributed by atoms with Crippen LogP contribution in [-0.4, -0.2) is 35.7 Å². The first kappa shape index (κ1) is 19.1. The molecule has 1 aromatic carbocycles. The fourth-order valence-corrected chi connectivity index (χ4v) is 2.41. The van der Waals surface area contributed by atoms with E-state index >= 15 is 0 Å². The van der Waals surface area contributed by atoms with Crippen molar-refractivity contribution in [1.82, 2.24) is 10.2 Å². The third kappa shape index (κ3) is 4.53. The van der Waals surface area contributed by atoms with Gasteiger partial charge >= 0.3 is 0 Å². The summed E-state index contributed by atoms with van der Waals surface area (Å²) in [5.41, 5.74) is 5.72. The van der Waals surface area contributed by atoms with Gasteiger partial charge in [-0.25, -0.2) is 0 Å². The smallest absolute Gasteiger partial charge is 0.244 e. The van der Waals surface area contributed by atoms with E-state index in [2.05, 4.69) is 5.32 Å². The second-order valence-electron chi connectivity index (χ2n) is 5.62. The van der Waals surface area contributed by atoms with Crippen LogP contribution in [0.1, 0.15) is 31.7 Å². The molecular formula is C16H22ClN3O3. The van der Waals surface area contributed by atoms with Crippen molar-refractivity contribution in [2.75, 3.05) is 13.1 Å². The molecule has 0 aliphatic carbocycles. The minimum atomic E-state index is -1.11. The second-order valence-corrected chi connectivity index (χ2v) is 5.62. The largest absolute Gasteiger partial charge is 0.354 e. The van der Waals surface area contributed by atoms with Crippen LogP contribution in [0.5, 0.6) is 0 Å². The molecule has 1 saturated heterocycles. The van der Waals surface area contributed by atoms with Crippen LogP contribution in [-0.2, 0) is 19.9 Å². The third-order valence-corrected chi connectivity index (χ3v) is 3.84. The van der Waals surface area contributed by atoms with Gasteiger partial charge < -0.3 is 11.1 Å². The van der Waals surface area contributed by atoms with Crippen molar-refractivity contribution in [3.63, 3.8) is 0 Å². The molecule has 3 N–H and O–H groups in total. The number of nitrogens with two attached hydrogens (primary N) is 1. The van der Waals surface area contributed by atoms with Crippen LogP contribution in [0, 0.1) is 0 Å². The first-order chi connectivity index (χ1) is 10.4. The second kappa shape index (κ2) is 8.08. The van der Waals surface area contributed by atoms with Gasteiger partial charge in [0.05, 0.1) is 0 Å². The van der Waals surface area contributed by atoms with E-state index in [1.807, 2.05) is 18.2 Å². The summed E-state index contributed by atoms with van der Waals surface area (Å²) in [4.78, 5) is 36.4. The molecule has 1 fully saturated rings. The predicted molar refractivity (Wildman–Crippen MR) is 88.8 cm³/mol. The molecular weight excluding hydrogens is 318 g/mol. The SMILES string of the molecule is CC(N)(C(=O)NCCCN1C(=O)CCC1=O)c1ccccc1.Cl. The minimum absolute atomic E-state index is 0. The van der Waals surface area contributed by atoms with Crippen LogP contribution in [0.25, 0.3) is 0 Å². The Morgan fingerprint density at radius 1 is 1.22 bits per heavy atom. The Labute approximate surface area is 141 Å². The van der Waals surface area contributed by atoms with Crippen molar-refractivity contribution in [3.8, 4) is 0 Å². The summed E-state index contributed by atoms with van der Waals surface area (Å²) in [6, 6.07) is 9.14.